The summed E-state index contributed by atoms with van der Waals surface area (Å²) in [6.07, 6.45) is 6.67. The van der Waals surface area contributed by atoms with Crippen molar-refractivity contribution in [1.29, 1.82) is 0 Å². The normalized spacial score (nSPS) is 22.5. The highest BCUT2D eigenvalue weighted by Gasteiger charge is 2.50. The van der Waals surface area contributed by atoms with Crippen molar-refractivity contribution in [3.8, 4) is 0 Å². The number of aryl methyl sites for hydroxylation is 1. The summed E-state index contributed by atoms with van der Waals surface area (Å²) in [7, 11) is 0. The molecular weight excluding hydrogens is 274 g/mol. The van der Waals surface area contributed by atoms with E-state index >= 15 is 0 Å². The van der Waals surface area contributed by atoms with E-state index in [-0.39, 0.29) is 23.3 Å². The maximum atomic E-state index is 12.3. The molecule has 1 aromatic rings. The number of imide groups is 1. The highest BCUT2D eigenvalue weighted by atomic mass is 16.2. The van der Waals surface area contributed by atoms with Gasteiger partial charge in [0, 0.05) is 12.2 Å². The zero-order valence-corrected chi connectivity index (χ0v) is 13.6. The first-order valence-electron chi connectivity index (χ1n) is 8.23. The number of amides is 2. The minimum absolute atomic E-state index is 0.0368. The molecule has 0 radical (unpaired) electrons. The fourth-order valence-electron chi connectivity index (χ4n) is 4.20. The molecule has 3 nitrogen and oxygen atoms in total. The Bertz CT molecular complexity index is 637. The van der Waals surface area contributed by atoms with E-state index in [4.69, 9.17) is 0 Å². The maximum Gasteiger partial charge on any atom is 0.254 e. The summed E-state index contributed by atoms with van der Waals surface area (Å²) in [5.41, 5.74) is 3.84. The van der Waals surface area contributed by atoms with Crippen molar-refractivity contribution in [3.63, 3.8) is 0 Å². The van der Waals surface area contributed by atoms with Crippen LogP contribution in [0, 0.1) is 5.41 Å². The molecule has 0 saturated carbocycles. The van der Waals surface area contributed by atoms with Gasteiger partial charge in [-0.25, -0.2) is 0 Å². The van der Waals surface area contributed by atoms with Crippen molar-refractivity contribution in [2.45, 2.75) is 52.5 Å². The lowest BCUT2D eigenvalue weighted by Gasteiger charge is -2.38. The number of fused-ring (bicyclic) bond motifs is 1. The number of benzene rings is 1. The minimum Gasteiger partial charge on any atom is -0.269 e. The van der Waals surface area contributed by atoms with Crippen LogP contribution in [0.15, 0.2) is 30.4 Å². The average molecular weight is 297 g/mol. The van der Waals surface area contributed by atoms with E-state index in [1.807, 2.05) is 0 Å². The van der Waals surface area contributed by atoms with Crippen LogP contribution in [-0.2, 0) is 22.4 Å². The van der Waals surface area contributed by atoms with Gasteiger partial charge in [0.25, 0.3) is 11.8 Å². The summed E-state index contributed by atoms with van der Waals surface area (Å²) in [5, 5.41) is 0. The third-order valence-corrected chi connectivity index (χ3v) is 5.60. The summed E-state index contributed by atoms with van der Waals surface area (Å²) in [4.78, 5) is 26.0. The quantitative estimate of drug-likeness (QED) is 0.797. The molecule has 2 aliphatic rings. The highest BCUT2D eigenvalue weighted by molar-refractivity contribution is 6.13. The van der Waals surface area contributed by atoms with Crippen molar-refractivity contribution in [2.75, 3.05) is 0 Å². The summed E-state index contributed by atoms with van der Waals surface area (Å²) in [6, 6.07) is 6.21. The first-order valence-corrected chi connectivity index (χ1v) is 8.23. The number of carbonyl (C=O) groups is 2. The van der Waals surface area contributed by atoms with E-state index in [0.29, 0.717) is 0 Å². The molecule has 3 rings (SSSR count). The van der Waals surface area contributed by atoms with Gasteiger partial charge in [0.2, 0.25) is 0 Å². The molecule has 1 aliphatic heterocycles. The van der Waals surface area contributed by atoms with Crippen molar-refractivity contribution in [1.82, 2.24) is 4.90 Å². The molecule has 0 bridgehead atoms. The lowest BCUT2D eigenvalue weighted by molar-refractivity contribution is -0.143. The number of nitrogens with zero attached hydrogens (tertiary/aromatic N) is 1. The fourth-order valence-corrected chi connectivity index (χ4v) is 4.20. The van der Waals surface area contributed by atoms with Gasteiger partial charge in [-0.05, 0) is 47.8 Å². The molecule has 0 spiro atoms. The molecule has 0 saturated heterocycles. The Hall–Kier alpha value is -1.90. The molecule has 0 unspecified atom stereocenters. The van der Waals surface area contributed by atoms with E-state index in [9.17, 15) is 9.59 Å². The second-order valence-electron chi connectivity index (χ2n) is 6.37. The molecule has 1 aliphatic carbocycles. The van der Waals surface area contributed by atoms with Crippen molar-refractivity contribution in [3.05, 3.63) is 47.0 Å². The van der Waals surface area contributed by atoms with Gasteiger partial charge in [-0.1, -0.05) is 39.0 Å². The van der Waals surface area contributed by atoms with Crippen LogP contribution in [0.3, 0.4) is 0 Å². The molecule has 2 amide bonds. The smallest absolute Gasteiger partial charge is 0.254 e. The highest BCUT2D eigenvalue weighted by Crippen LogP contribution is 2.54. The van der Waals surface area contributed by atoms with Crippen LogP contribution in [0.2, 0.25) is 0 Å². The Morgan fingerprint density at radius 2 is 1.73 bits per heavy atom. The van der Waals surface area contributed by atoms with Crippen molar-refractivity contribution in [2.24, 2.45) is 5.41 Å². The van der Waals surface area contributed by atoms with E-state index < -0.39 is 0 Å². The van der Waals surface area contributed by atoms with E-state index in [2.05, 4.69) is 39.0 Å². The number of hydrogen-bond donors (Lipinski definition) is 0. The molecule has 1 atom stereocenters. The van der Waals surface area contributed by atoms with Crippen LogP contribution in [0.1, 0.15) is 56.3 Å². The molecule has 1 aromatic carbocycles. The van der Waals surface area contributed by atoms with Gasteiger partial charge in [0.05, 0.1) is 6.04 Å². The van der Waals surface area contributed by atoms with Crippen LogP contribution in [-0.4, -0.2) is 16.7 Å². The fraction of sp³-hybridized carbons (Fsp3) is 0.474. The number of hydrogen-bond acceptors (Lipinski definition) is 2. The van der Waals surface area contributed by atoms with Crippen LogP contribution in [0.5, 0.6) is 0 Å². The lowest BCUT2D eigenvalue weighted by Crippen LogP contribution is -2.42. The number of rotatable bonds is 4. The third-order valence-electron chi connectivity index (χ3n) is 5.60. The molecule has 1 heterocycles. The molecule has 116 valence electrons. The van der Waals surface area contributed by atoms with Gasteiger partial charge in [0.1, 0.15) is 0 Å². The van der Waals surface area contributed by atoms with Gasteiger partial charge in [0.15, 0.2) is 0 Å². The first kappa shape index (κ1) is 15.0. The van der Waals surface area contributed by atoms with Gasteiger partial charge in [-0.3, -0.25) is 14.5 Å². The zero-order chi connectivity index (χ0) is 15.9. The maximum absolute atomic E-state index is 12.3. The number of carbonyl (C=O) groups excluding carboxylic acids is 2. The van der Waals surface area contributed by atoms with Crippen LogP contribution >= 0.6 is 0 Å². The van der Waals surface area contributed by atoms with E-state index in [0.717, 1.165) is 25.7 Å². The summed E-state index contributed by atoms with van der Waals surface area (Å²) < 4.78 is 0. The Kier molecular flexibility index (Phi) is 3.67. The topological polar surface area (TPSA) is 37.4 Å². The monoisotopic (exact) mass is 297 g/mol. The van der Waals surface area contributed by atoms with Crippen molar-refractivity contribution < 1.29 is 9.59 Å². The first-order chi connectivity index (χ1) is 10.6. The van der Waals surface area contributed by atoms with Crippen LogP contribution in [0.25, 0.3) is 0 Å². The summed E-state index contributed by atoms with van der Waals surface area (Å²) >= 11 is 0. The van der Waals surface area contributed by atoms with Crippen LogP contribution in [0.4, 0.5) is 0 Å². The predicted octanol–water partition coefficient (Wildman–Crippen LogP) is 3.58. The van der Waals surface area contributed by atoms with E-state index in [1.165, 1.54) is 33.7 Å². The molecule has 0 N–H and O–H groups in total. The Labute approximate surface area is 132 Å². The largest absolute Gasteiger partial charge is 0.269 e. The predicted molar refractivity (Wildman–Crippen MR) is 86.3 cm³/mol. The third kappa shape index (κ3) is 1.95. The molecule has 0 fully saturated rings. The van der Waals surface area contributed by atoms with Crippen LogP contribution < -0.4 is 0 Å². The SMILES string of the molecule is CCc1cccc2c1CC(CC)(CC)[C@@H]2N1C(=O)C=CC1=O. The summed E-state index contributed by atoms with van der Waals surface area (Å²) in [5.74, 6) is -0.341. The second-order valence-corrected chi connectivity index (χ2v) is 6.37. The van der Waals surface area contributed by atoms with Gasteiger partial charge < -0.3 is 0 Å². The second kappa shape index (κ2) is 5.38. The van der Waals surface area contributed by atoms with Gasteiger partial charge in [-0.15, -0.1) is 0 Å². The minimum atomic E-state index is -0.170. The Balaban J connectivity index is 2.17. The van der Waals surface area contributed by atoms with Gasteiger partial charge in [-0.2, -0.15) is 0 Å². The Morgan fingerprint density at radius 3 is 2.27 bits per heavy atom. The van der Waals surface area contributed by atoms with E-state index in [1.54, 1.807) is 0 Å². The zero-order valence-electron chi connectivity index (χ0n) is 13.6. The van der Waals surface area contributed by atoms with Gasteiger partial charge >= 0.3 is 0 Å². The molecule has 3 heteroatoms. The molecule has 0 aromatic heterocycles. The molecule has 22 heavy (non-hydrogen) atoms. The molecular formula is C19H23NO2. The average Bonchev–Trinajstić information content (AvgIpc) is 3.04. The Morgan fingerprint density at radius 1 is 1.09 bits per heavy atom. The lowest BCUT2D eigenvalue weighted by atomic mass is 9.75. The summed E-state index contributed by atoms with van der Waals surface area (Å²) in [6.45, 7) is 6.51. The van der Waals surface area contributed by atoms with Crippen molar-refractivity contribution >= 4 is 11.8 Å². The standard InChI is InChI=1S/C19H23NO2/c1-4-13-8-7-9-14-15(13)12-19(5-2,6-3)18(14)20-16(21)10-11-17(20)22/h7-11,18H,4-6,12H2,1-3H3/t18-/m1/s1.